The van der Waals surface area contributed by atoms with Crippen molar-refractivity contribution in [3.63, 3.8) is 0 Å². The van der Waals surface area contributed by atoms with Crippen LogP contribution >= 0.6 is 0 Å². The SMILES string of the molecule is [2H]/C(=C1\c2ccccc2COc2c([2H])c([2H])c(C([2H])([2H])C(=O)O)c([2H])c21)C([2H])([2H])C([2H])([2H])N(C([2H])([2H])[2H])C([2H])([2H])[2H]. The van der Waals surface area contributed by atoms with Gasteiger partial charge in [0.05, 0.1) is 11.9 Å². The van der Waals surface area contributed by atoms with Crippen molar-refractivity contribution >= 4 is 11.5 Å². The first-order valence-electron chi connectivity index (χ1n) is 15.0. The number of fused-ring (bicyclic) bond motifs is 2. The number of carboxylic acid groups (broad SMARTS) is 1. The van der Waals surface area contributed by atoms with E-state index >= 15 is 0 Å². The Bertz CT molecular complexity index is 1410. The third-order valence-electron chi connectivity index (χ3n) is 3.27. The Morgan fingerprint density at radius 2 is 2.28 bits per heavy atom. The van der Waals surface area contributed by atoms with E-state index in [4.69, 9.17) is 26.7 Å². The van der Waals surface area contributed by atoms with E-state index in [1.165, 1.54) is 24.3 Å². The summed E-state index contributed by atoms with van der Waals surface area (Å²) in [6.07, 6.45) is -7.22. The topological polar surface area (TPSA) is 49.8 Å². The second-order valence-electron chi connectivity index (χ2n) is 4.90. The van der Waals surface area contributed by atoms with Crippen LogP contribution in [0.1, 0.15) is 50.6 Å². The van der Waals surface area contributed by atoms with Crippen LogP contribution < -0.4 is 4.74 Å². The number of carbonyl (C=O) groups is 1. The Kier molecular flexibility index (Phi) is 1.90. The lowest BCUT2D eigenvalue weighted by molar-refractivity contribution is -0.136. The smallest absolute Gasteiger partial charge is 0.307 e. The molecule has 1 heterocycles. The summed E-state index contributed by atoms with van der Waals surface area (Å²) in [4.78, 5) is 11.1. The minimum Gasteiger partial charge on any atom is -0.488 e. The maximum Gasteiger partial charge on any atom is 0.307 e. The largest absolute Gasteiger partial charge is 0.488 e. The van der Waals surface area contributed by atoms with Crippen molar-refractivity contribution in [2.45, 2.75) is 19.4 Å². The van der Waals surface area contributed by atoms with Gasteiger partial charge in [-0.05, 0) is 54.7 Å². The lowest BCUT2D eigenvalue weighted by Gasteiger charge is -2.13. The fourth-order valence-electron chi connectivity index (χ4n) is 2.30. The molecule has 4 heteroatoms. The van der Waals surface area contributed by atoms with E-state index in [1.807, 2.05) is 0 Å². The van der Waals surface area contributed by atoms with Crippen LogP contribution in [0.5, 0.6) is 5.75 Å². The maximum atomic E-state index is 11.7. The van der Waals surface area contributed by atoms with Gasteiger partial charge in [-0.2, -0.15) is 0 Å². The highest BCUT2D eigenvalue weighted by Crippen LogP contribution is 2.37. The van der Waals surface area contributed by atoms with Crippen LogP contribution in [0, 0.1) is 0 Å². The molecule has 0 bridgehead atoms. The van der Waals surface area contributed by atoms with Gasteiger partial charge in [0.25, 0.3) is 0 Å². The molecule has 0 fully saturated rings. The molecule has 3 rings (SSSR count). The van der Waals surface area contributed by atoms with Crippen LogP contribution in [0.3, 0.4) is 0 Å². The van der Waals surface area contributed by atoms with Crippen LogP contribution in [-0.2, 0) is 17.8 Å². The molecule has 0 saturated heterocycles. The van der Waals surface area contributed by atoms with Crippen molar-refractivity contribution in [3.8, 4) is 5.75 Å². The molecule has 0 aliphatic carbocycles. The Hall–Kier alpha value is -2.59. The zero-order valence-electron chi connectivity index (χ0n) is 28.7. The van der Waals surface area contributed by atoms with Crippen molar-refractivity contribution in [1.29, 1.82) is 0 Å². The van der Waals surface area contributed by atoms with Gasteiger partial charge in [0, 0.05) is 28.5 Å². The second-order valence-corrected chi connectivity index (χ2v) is 4.90. The normalized spacial score (nSPS) is 27.1. The molecular weight excluding hydrogens is 314 g/mol. The van der Waals surface area contributed by atoms with Gasteiger partial charge in [-0.3, -0.25) is 4.79 Å². The zero-order chi connectivity index (χ0) is 31.7. The van der Waals surface area contributed by atoms with Crippen LogP contribution in [0.15, 0.2) is 48.4 Å². The highest BCUT2D eigenvalue weighted by atomic mass is 16.5. The molecule has 0 saturated carbocycles. The summed E-state index contributed by atoms with van der Waals surface area (Å²) in [5, 5.41) is 9.47. The van der Waals surface area contributed by atoms with Crippen molar-refractivity contribution in [1.82, 2.24) is 4.90 Å². The van der Waals surface area contributed by atoms with Gasteiger partial charge in [-0.25, -0.2) is 0 Å². The van der Waals surface area contributed by atoms with Crippen molar-refractivity contribution in [2.75, 3.05) is 20.4 Å². The van der Waals surface area contributed by atoms with Crippen LogP contribution in [-0.4, -0.2) is 36.4 Å². The highest BCUT2D eigenvalue weighted by molar-refractivity contribution is 5.85. The molecule has 0 spiro atoms. The molecule has 0 aromatic heterocycles. The third kappa shape index (κ3) is 4.09. The van der Waals surface area contributed by atoms with E-state index in [1.54, 1.807) is 0 Å². The van der Waals surface area contributed by atoms with Gasteiger partial charge in [0.2, 0.25) is 0 Å². The van der Waals surface area contributed by atoms with E-state index in [0.717, 1.165) is 0 Å². The predicted octanol–water partition coefficient (Wildman–Crippen LogP) is 3.59. The Balaban J connectivity index is 2.57. The number of carboxylic acids is 1. The monoisotopic (exact) mass is 353 g/mol. The van der Waals surface area contributed by atoms with Crippen LogP contribution in [0.2, 0.25) is 0 Å². The van der Waals surface area contributed by atoms with Gasteiger partial charge in [0.1, 0.15) is 12.4 Å². The van der Waals surface area contributed by atoms with Gasteiger partial charge in [-0.1, -0.05) is 36.4 Å². The first-order chi connectivity index (χ1) is 18.4. The van der Waals surface area contributed by atoms with E-state index in [9.17, 15) is 9.90 Å². The van der Waals surface area contributed by atoms with E-state index in [2.05, 4.69) is 0 Å². The van der Waals surface area contributed by atoms with Crippen LogP contribution in [0.4, 0.5) is 0 Å². The molecular formula is C21H23NO3. The summed E-state index contributed by atoms with van der Waals surface area (Å²) < 4.78 is 135. The predicted molar refractivity (Wildman–Crippen MR) is 98.8 cm³/mol. The standard InChI is InChI=1S/C21H23NO3/c1-22(2)11-5-8-18-17-7-4-3-6-16(17)14-25-20-10-9-15(12-19(18)20)13-21(23)24/h3-4,6-10,12H,5,11,13-14H2,1-2H3,(H,23,24)/b18-8-/i1D3,2D3,5D2,8D,9D,10D,11D2,12D,13D2. The minimum atomic E-state index is -3.95. The lowest BCUT2D eigenvalue weighted by Crippen LogP contribution is -2.12. The van der Waals surface area contributed by atoms with E-state index < -0.39 is 90.7 Å². The number of hydrogen-bond donors (Lipinski definition) is 1. The molecule has 2 aromatic rings. The Morgan fingerprint density at radius 3 is 3.08 bits per heavy atom. The van der Waals surface area contributed by atoms with E-state index in [0.29, 0.717) is 0 Å². The summed E-state index contributed by atoms with van der Waals surface area (Å²) in [6, 6.07) is 1.19. The summed E-state index contributed by atoms with van der Waals surface area (Å²) in [5.74, 6) is -2.76. The van der Waals surface area contributed by atoms with Crippen molar-refractivity contribution in [2.24, 2.45) is 0 Å². The number of benzene rings is 2. The molecule has 130 valence electrons. The summed E-state index contributed by atoms with van der Waals surface area (Å²) in [5.41, 5.74) is -2.47. The molecule has 2 aromatic carbocycles. The summed E-state index contributed by atoms with van der Waals surface area (Å²) in [6.45, 7) is -11.8. The van der Waals surface area contributed by atoms with Gasteiger partial charge in [0.15, 0.2) is 0 Å². The average molecular weight is 354 g/mol. The van der Waals surface area contributed by atoms with E-state index in [-0.39, 0.29) is 17.7 Å². The molecule has 1 N–H and O–H groups in total. The fourth-order valence-corrected chi connectivity index (χ4v) is 2.30. The van der Waals surface area contributed by atoms with Crippen LogP contribution in [0.25, 0.3) is 5.57 Å². The number of ether oxygens (including phenoxy) is 1. The molecule has 25 heavy (non-hydrogen) atoms. The third-order valence-corrected chi connectivity index (χ3v) is 3.27. The highest BCUT2D eigenvalue weighted by Gasteiger charge is 2.19. The summed E-state index contributed by atoms with van der Waals surface area (Å²) in [7, 11) is 0. The summed E-state index contributed by atoms with van der Waals surface area (Å²) >= 11 is 0. The van der Waals surface area contributed by atoms with Gasteiger partial charge in [-0.15, -0.1) is 0 Å². The molecule has 4 nitrogen and oxygen atoms in total. The molecule has 0 amide bonds. The lowest BCUT2D eigenvalue weighted by atomic mass is 9.92. The number of rotatable bonds is 5. The zero-order valence-corrected chi connectivity index (χ0v) is 12.7. The second kappa shape index (κ2) is 7.53. The first kappa shape index (κ1) is 6.29. The number of hydrogen-bond acceptors (Lipinski definition) is 3. The molecule has 0 radical (unpaired) electrons. The quantitative estimate of drug-likeness (QED) is 0.892. The Labute approximate surface area is 170 Å². The number of nitrogens with zero attached hydrogens (tertiary/aromatic N) is 1. The Morgan fingerprint density at radius 1 is 1.44 bits per heavy atom. The average Bonchev–Trinajstić information content (AvgIpc) is 2.97. The van der Waals surface area contributed by atoms with Crippen molar-refractivity contribution in [3.05, 3.63) is 70.7 Å². The first-order valence-corrected chi connectivity index (χ1v) is 7.02. The molecule has 0 unspecified atom stereocenters. The van der Waals surface area contributed by atoms with Gasteiger partial charge < -0.3 is 14.7 Å². The maximum absolute atomic E-state index is 11.7. The number of aliphatic carboxylic acids is 1. The molecule has 1 aliphatic heterocycles. The molecule has 0 atom stereocenters. The van der Waals surface area contributed by atoms with Crippen molar-refractivity contribution < 1.29 is 36.6 Å². The molecule has 1 aliphatic rings. The fraction of sp³-hybridized carbons (Fsp3) is 0.286. The minimum absolute atomic E-state index is 0.0993. The van der Waals surface area contributed by atoms with Gasteiger partial charge >= 0.3 is 5.97 Å².